The second kappa shape index (κ2) is 7.05. The number of halogens is 1. The third-order valence-corrected chi connectivity index (χ3v) is 6.40. The molecule has 2 bridgehead atoms. The van der Waals surface area contributed by atoms with E-state index in [1.807, 2.05) is 11.9 Å². The molecule has 4 atom stereocenters. The monoisotopic (exact) mass is 410 g/mol. The molecule has 1 aromatic carbocycles. The maximum absolute atomic E-state index is 14.9. The number of aromatic nitrogens is 2. The van der Waals surface area contributed by atoms with E-state index in [2.05, 4.69) is 15.5 Å². The van der Waals surface area contributed by atoms with Crippen LogP contribution in [0.4, 0.5) is 10.2 Å². The quantitative estimate of drug-likeness (QED) is 0.686. The highest BCUT2D eigenvalue weighted by molar-refractivity contribution is 5.86. The number of piperidine rings is 1. The summed E-state index contributed by atoms with van der Waals surface area (Å²) in [5, 5.41) is 22.6. The van der Waals surface area contributed by atoms with Crippen LogP contribution in [-0.2, 0) is 0 Å². The number of aromatic hydroxyl groups is 1. The van der Waals surface area contributed by atoms with Gasteiger partial charge in [-0.2, -0.15) is 0 Å². The van der Waals surface area contributed by atoms with Crippen LogP contribution >= 0.6 is 0 Å². The Morgan fingerprint density at radius 2 is 2.10 bits per heavy atom. The fraction of sp³-hybridized carbons (Fsp3) is 0.409. The van der Waals surface area contributed by atoms with E-state index in [9.17, 15) is 14.3 Å². The van der Waals surface area contributed by atoms with Crippen LogP contribution in [0.5, 0.6) is 5.75 Å². The van der Waals surface area contributed by atoms with E-state index in [-0.39, 0.29) is 23.3 Å². The van der Waals surface area contributed by atoms with Crippen LogP contribution in [0.1, 0.15) is 24.8 Å². The molecule has 2 aliphatic rings. The molecular weight excluding hydrogens is 387 g/mol. The molecule has 5 rings (SSSR count). The fourth-order valence-electron chi connectivity index (χ4n) is 4.64. The lowest BCUT2D eigenvalue weighted by Gasteiger charge is -2.38. The van der Waals surface area contributed by atoms with Crippen molar-refractivity contribution in [3.8, 4) is 17.0 Å². The van der Waals surface area contributed by atoms with Gasteiger partial charge in [0.1, 0.15) is 17.5 Å². The van der Waals surface area contributed by atoms with Crippen molar-refractivity contribution in [2.75, 3.05) is 11.9 Å². The Labute approximate surface area is 172 Å². The highest BCUT2D eigenvalue weighted by Crippen LogP contribution is 2.34. The van der Waals surface area contributed by atoms with Gasteiger partial charge in [-0.25, -0.2) is 4.39 Å². The van der Waals surface area contributed by atoms with Crippen LogP contribution in [0.25, 0.3) is 22.2 Å². The van der Waals surface area contributed by atoms with E-state index in [1.165, 1.54) is 12.3 Å². The molecule has 4 heterocycles. The molecule has 0 amide bonds. The Kier molecular flexibility index (Phi) is 4.47. The standard InChI is InChI=1S/C22H23FN4O3/c1-11-10-30-19-9-18(28)13(8-14(19)22(11)29)15-5-6-20(26-25-15)27(2)17-7-12-3-4-16(24-12)21(17)23/h5-6,8-10,12,16-17,21,24,28H,3-4,7H2,1-2H3/t12?,16?,17-,21+/m1/s1. The van der Waals surface area contributed by atoms with Gasteiger partial charge in [0.15, 0.2) is 11.2 Å². The van der Waals surface area contributed by atoms with Crippen molar-refractivity contribution in [2.45, 2.75) is 50.5 Å². The van der Waals surface area contributed by atoms with Gasteiger partial charge in [-0.15, -0.1) is 10.2 Å². The van der Waals surface area contributed by atoms with Crippen LogP contribution in [0.2, 0.25) is 0 Å². The van der Waals surface area contributed by atoms with Gasteiger partial charge >= 0.3 is 0 Å². The molecule has 8 heteroatoms. The Balaban J connectivity index is 1.46. The highest BCUT2D eigenvalue weighted by Gasteiger charge is 2.43. The van der Waals surface area contributed by atoms with Gasteiger partial charge in [0.25, 0.3) is 0 Å². The molecule has 0 saturated carbocycles. The smallest absolute Gasteiger partial charge is 0.195 e. The molecule has 0 aliphatic carbocycles. The number of nitrogens with zero attached hydrogens (tertiary/aromatic N) is 3. The summed E-state index contributed by atoms with van der Waals surface area (Å²) >= 11 is 0. The second-order valence-electron chi connectivity index (χ2n) is 8.30. The summed E-state index contributed by atoms with van der Waals surface area (Å²) in [6, 6.07) is 6.48. The predicted molar refractivity (Wildman–Crippen MR) is 112 cm³/mol. The van der Waals surface area contributed by atoms with Crippen LogP contribution in [-0.4, -0.2) is 46.6 Å². The summed E-state index contributed by atoms with van der Waals surface area (Å²) in [5.41, 5.74) is 1.46. The van der Waals surface area contributed by atoms with Gasteiger partial charge in [-0.3, -0.25) is 4.79 Å². The van der Waals surface area contributed by atoms with Crippen LogP contribution in [0, 0.1) is 6.92 Å². The maximum atomic E-state index is 14.9. The first-order valence-electron chi connectivity index (χ1n) is 10.1. The highest BCUT2D eigenvalue weighted by atomic mass is 19.1. The molecule has 7 nitrogen and oxygen atoms in total. The SMILES string of the molecule is Cc1coc2cc(O)c(-c3ccc(N(C)[C@@H]4CC5CCC(N5)[C@@H]4F)nn3)cc2c1=O. The maximum Gasteiger partial charge on any atom is 0.195 e. The van der Waals surface area contributed by atoms with Gasteiger partial charge in [-0.05, 0) is 44.4 Å². The van der Waals surface area contributed by atoms with Gasteiger partial charge < -0.3 is 19.7 Å². The zero-order valence-electron chi connectivity index (χ0n) is 16.8. The molecule has 30 heavy (non-hydrogen) atoms. The van der Waals surface area contributed by atoms with Crippen molar-refractivity contribution >= 4 is 16.8 Å². The topological polar surface area (TPSA) is 91.5 Å². The number of hydrogen-bond donors (Lipinski definition) is 2. The number of phenolic OH excluding ortho intramolecular Hbond substituents is 1. The van der Waals surface area contributed by atoms with Crippen LogP contribution < -0.4 is 15.6 Å². The lowest BCUT2D eigenvalue weighted by molar-refractivity contribution is 0.176. The fourth-order valence-corrected chi connectivity index (χ4v) is 4.64. The lowest BCUT2D eigenvalue weighted by atomic mass is 9.96. The van der Waals surface area contributed by atoms with Crippen molar-refractivity contribution in [1.82, 2.24) is 15.5 Å². The van der Waals surface area contributed by atoms with Crippen molar-refractivity contribution in [3.63, 3.8) is 0 Å². The molecule has 2 aromatic heterocycles. The summed E-state index contributed by atoms with van der Waals surface area (Å²) in [6.07, 6.45) is 3.03. The summed E-state index contributed by atoms with van der Waals surface area (Å²) in [5.74, 6) is 0.520. The van der Waals surface area contributed by atoms with E-state index in [4.69, 9.17) is 4.42 Å². The van der Waals surface area contributed by atoms with E-state index < -0.39 is 6.17 Å². The number of aryl methyl sites for hydroxylation is 1. The minimum absolute atomic E-state index is 0.0522. The van der Waals surface area contributed by atoms with Crippen LogP contribution in [0.15, 0.2) is 39.7 Å². The molecule has 2 saturated heterocycles. The van der Waals surface area contributed by atoms with Gasteiger partial charge in [0.05, 0.1) is 23.4 Å². The molecule has 0 radical (unpaired) electrons. The minimum atomic E-state index is -0.956. The molecule has 2 fully saturated rings. The number of alkyl halides is 1. The first kappa shape index (κ1) is 19.0. The Bertz CT molecular complexity index is 1160. The number of anilines is 1. The summed E-state index contributed by atoms with van der Waals surface area (Å²) in [6.45, 7) is 1.67. The molecule has 2 unspecified atom stereocenters. The average Bonchev–Trinajstić information content (AvgIpc) is 3.16. The Morgan fingerprint density at radius 1 is 1.27 bits per heavy atom. The predicted octanol–water partition coefficient (Wildman–Crippen LogP) is 2.93. The first-order chi connectivity index (χ1) is 14.4. The molecular formula is C22H23FN4O3. The molecule has 0 spiro atoms. The first-order valence-corrected chi connectivity index (χ1v) is 10.1. The Hall–Kier alpha value is -3.00. The van der Waals surface area contributed by atoms with Gasteiger partial charge in [-0.1, -0.05) is 0 Å². The number of nitrogens with one attached hydrogen (secondary N) is 1. The minimum Gasteiger partial charge on any atom is -0.507 e. The number of rotatable bonds is 3. The van der Waals surface area contributed by atoms with Crippen LogP contribution in [0.3, 0.4) is 0 Å². The van der Waals surface area contributed by atoms with Crippen molar-refractivity contribution in [3.05, 3.63) is 46.3 Å². The third kappa shape index (κ3) is 3.02. The molecule has 2 N–H and O–H groups in total. The zero-order chi connectivity index (χ0) is 21.0. The van der Waals surface area contributed by atoms with Crippen molar-refractivity contribution in [1.29, 1.82) is 0 Å². The number of hydrogen-bond acceptors (Lipinski definition) is 7. The van der Waals surface area contributed by atoms with Gasteiger partial charge in [0, 0.05) is 36.3 Å². The average molecular weight is 410 g/mol. The van der Waals surface area contributed by atoms with E-state index in [1.54, 1.807) is 25.1 Å². The Morgan fingerprint density at radius 3 is 2.87 bits per heavy atom. The van der Waals surface area contributed by atoms with E-state index >= 15 is 0 Å². The largest absolute Gasteiger partial charge is 0.507 e. The number of fused-ring (bicyclic) bond motifs is 3. The summed E-state index contributed by atoms with van der Waals surface area (Å²) in [4.78, 5) is 14.3. The summed E-state index contributed by atoms with van der Waals surface area (Å²) < 4.78 is 20.3. The molecule has 3 aromatic rings. The molecule has 2 aliphatic heterocycles. The zero-order valence-corrected chi connectivity index (χ0v) is 16.8. The van der Waals surface area contributed by atoms with Gasteiger partial charge in [0.2, 0.25) is 0 Å². The van der Waals surface area contributed by atoms with E-state index in [0.29, 0.717) is 39.6 Å². The van der Waals surface area contributed by atoms with Crippen molar-refractivity contribution in [2.24, 2.45) is 0 Å². The van der Waals surface area contributed by atoms with E-state index in [0.717, 1.165) is 19.3 Å². The normalized spacial score (nSPS) is 25.6. The lowest BCUT2D eigenvalue weighted by Crippen LogP contribution is -2.55. The second-order valence-corrected chi connectivity index (χ2v) is 8.30. The number of benzene rings is 1. The van der Waals surface area contributed by atoms with Crippen molar-refractivity contribution < 1.29 is 13.9 Å². The third-order valence-electron chi connectivity index (χ3n) is 6.40. The molecule has 156 valence electrons. The summed E-state index contributed by atoms with van der Waals surface area (Å²) in [7, 11) is 1.84. The number of phenols is 1.